The van der Waals surface area contributed by atoms with Gasteiger partial charge >= 0.3 is 0 Å². The maximum Gasteiger partial charge on any atom is 0.164 e. The Morgan fingerprint density at radius 1 is 0.263 bits per heavy atom. The summed E-state index contributed by atoms with van der Waals surface area (Å²) in [5.74, 6) is 1.85. The highest BCUT2D eigenvalue weighted by atomic mass is 16.3. The van der Waals surface area contributed by atoms with Crippen molar-refractivity contribution in [2.75, 3.05) is 0 Å². The van der Waals surface area contributed by atoms with Gasteiger partial charge in [0.1, 0.15) is 11.2 Å². The van der Waals surface area contributed by atoms with E-state index in [1.807, 2.05) is 12.1 Å². The van der Waals surface area contributed by atoms with E-state index >= 15 is 0 Å². The SMILES string of the molecule is c1ccc2c(-c3ccc(-c4nc(-c5ccc(-c6cccc7ccccc67)cc5)nc(-c5ccc(-c6cccc7c6oc6ccccc67)cc5)n4)cc3)cccc2c1. The van der Waals surface area contributed by atoms with E-state index in [0.29, 0.717) is 17.5 Å². The van der Waals surface area contributed by atoms with Crippen LogP contribution in [-0.2, 0) is 0 Å². The van der Waals surface area contributed by atoms with Gasteiger partial charge in [-0.25, -0.2) is 15.0 Å². The molecule has 4 nitrogen and oxygen atoms in total. The Balaban J connectivity index is 0.997. The first-order valence-electron chi connectivity index (χ1n) is 19.2. The number of fused-ring (bicyclic) bond motifs is 5. The molecule has 0 fully saturated rings. The van der Waals surface area contributed by atoms with Gasteiger partial charge in [0.25, 0.3) is 0 Å². The summed E-state index contributed by atoms with van der Waals surface area (Å²) >= 11 is 0. The third kappa shape index (κ3) is 5.83. The zero-order valence-electron chi connectivity index (χ0n) is 30.8. The minimum atomic E-state index is 0.611. The monoisotopic (exact) mass is 727 g/mol. The second-order valence-corrected chi connectivity index (χ2v) is 14.4. The van der Waals surface area contributed by atoms with Crippen LogP contribution in [0, 0.1) is 0 Å². The molecule has 0 aliphatic heterocycles. The van der Waals surface area contributed by atoms with Crippen molar-refractivity contribution in [2.24, 2.45) is 0 Å². The summed E-state index contributed by atoms with van der Waals surface area (Å²) in [6.07, 6.45) is 0. The van der Waals surface area contributed by atoms with Crippen molar-refractivity contribution in [2.45, 2.75) is 0 Å². The fraction of sp³-hybridized carbons (Fsp3) is 0. The molecule has 4 heteroatoms. The van der Waals surface area contributed by atoms with Crippen LogP contribution < -0.4 is 0 Å². The molecule has 0 spiro atoms. The summed E-state index contributed by atoms with van der Waals surface area (Å²) in [4.78, 5) is 15.3. The molecule has 11 aromatic rings. The molecule has 57 heavy (non-hydrogen) atoms. The van der Waals surface area contributed by atoms with Crippen LogP contribution >= 0.6 is 0 Å². The summed E-state index contributed by atoms with van der Waals surface area (Å²) in [5, 5.41) is 7.12. The predicted molar refractivity (Wildman–Crippen MR) is 235 cm³/mol. The first-order chi connectivity index (χ1) is 28.2. The van der Waals surface area contributed by atoms with E-state index in [2.05, 4.69) is 188 Å². The lowest BCUT2D eigenvalue weighted by molar-refractivity contribution is 0.670. The zero-order chi connectivity index (χ0) is 37.7. The largest absolute Gasteiger partial charge is 0.455 e. The van der Waals surface area contributed by atoms with Gasteiger partial charge in [-0.2, -0.15) is 0 Å². The van der Waals surface area contributed by atoms with Gasteiger partial charge in [-0.05, 0) is 55.4 Å². The lowest BCUT2D eigenvalue weighted by Gasteiger charge is -2.11. The van der Waals surface area contributed by atoms with Gasteiger partial charge in [0.15, 0.2) is 17.5 Å². The van der Waals surface area contributed by atoms with E-state index in [1.54, 1.807) is 0 Å². The highest BCUT2D eigenvalue weighted by Gasteiger charge is 2.16. The van der Waals surface area contributed by atoms with Crippen molar-refractivity contribution >= 4 is 43.5 Å². The lowest BCUT2D eigenvalue weighted by Crippen LogP contribution is -2.00. The van der Waals surface area contributed by atoms with Gasteiger partial charge in [0.05, 0.1) is 0 Å². The average molecular weight is 728 g/mol. The zero-order valence-corrected chi connectivity index (χ0v) is 30.8. The highest BCUT2D eigenvalue weighted by Crippen LogP contribution is 2.37. The third-order valence-electron chi connectivity index (χ3n) is 11.0. The number of rotatable bonds is 6. The molecular formula is C53H33N3O. The minimum Gasteiger partial charge on any atom is -0.455 e. The normalized spacial score (nSPS) is 11.5. The van der Waals surface area contributed by atoms with Crippen molar-refractivity contribution in [3.63, 3.8) is 0 Å². The molecule has 11 rings (SSSR count). The summed E-state index contributed by atoms with van der Waals surface area (Å²) in [6, 6.07) is 69.9. The topological polar surface area (TPSA) is 51.8 Å². The minimum absolute atomic E-state index is 0.611. The maximum atomic E-state index is 6.36. The summed E-state index contributed by atoms with van der Waals surface area (Å²) in [6.45, 7) is 0. The molecule has 0 amide bonds. The van der Waals surface area contributed by atoms with Crippen LogP contribution in [0.15, 0.2) is 205 Å². The second kappa shape index (κ2) is 13.6. The Hall–Kier alpha value is -7.69. The molecular weight excluding hydrogens is 695 g/mol. The number of hydrogen-bond acceptors (Lipinski definition) is 4. The number of hydrogen-bond donors (Lipinski definition) is 0. The van der Waals surface area contributed by atoms with Gasteiger partial charge in [0.2, 0.25) is 0 Å². The molecule has 0 saturated carbocycles. The molecule has 0 radical (unpaired) electrons. The van der Waals surface area contributed by atoms with E-state index in [0.717, 1.165) is 60.9 Å². The lowest BCUT2D eigenvalue weighted by atomic mass is 9.97. The van der Waals surface area contributed by atoms with Crippen LogP contribution in [0.2, 0.25) is 0 Å². The summed E-state index contributed by atoms with van der Waals surface area (Å²) in [7, 11) is 0. The second-order valence-electron chi connectivity index (χ2n) is 14.4. The van der Waals surface area contributed by atoms with Crippen molar-refractivity contribution in [1.29, 1.82) is 0 Å². The Bertz CT molecular complexity index is 3120. The van der Waals surface area contributed by atoms with Crippen molar-refractivity contribution in [3.8, 4) is 67.5 Å². The van der Waals surface area contributed by atoms with Gasteiger partial charge < -0.3 is 4.42 Å². The fourth-order valence-electron chi connectivity index (χ4n) is 8.09. The number of nitrogens with zero attached hydrogens (tertiary/aromatic N) is 3. The van der Waals surface area contributed by atoms with Crippen LogP contribution in [0.3, 0.4) is 0 Å². The van der Waals surface area contributed by atoms with Crippen LogP contribution in [-0.4, -0.2) is 15.0 Å². The molecule has 0 unspecified atom stereocenters. The Morgan fingerprint density at radius 2 is 0.614 bits per heavy atom. The van der Waals surface area contributed by atoms with E-state index in [1.165, 1.54) is 32.7 Å². The number of para-hydroxylation sites is 2. The first-order valence-corrected chi connectivity index (χ1v) is 19.2. The van der Waals surface area contributed by atoms with E-state index in [4.69, 9.17) is 19.4 Å². The van der Waals surface area contributed by atoms with Crippen LogP contribution in [0.4, 0.5) is 0 Å². The predicted octanol–water partition coefficient (Wildman–Crippen LogP) is 14.1. The smallest absolute Gasteiger partial charge is 0.164 e. The number of aromatic nitrogens is 3. The Kier molecular flexibility index (Phi) is 7.78. The van der Waals surface area contributed by atoms with Gasteiger partial charge in [-0.15, -0.1) is 0 Å². The molecule has 0 saturated heterocycles. The quantitative estimate of drug-likeness (QED) is 0.171. The molecule has 9 aromatic carbocycles. The first kappa shape index (κ1) is 32.7. The molecule has 0 aliphatic rings. The molecule has 2 aromatic heterocycles. The van der Waals surface area contributed by atoms with E-state index < -0.39 is 0 Å². The molecule has 2 heterocycles. The summed E-state index contributed by atoms with van der Waals surface area (Å²) in [5.41, 5.74) is 11.3. The van der Waals surface area contributed by atoms with Crippen LogP contribution in [0.5, 0.6) is 0 Å². The van der Waals surface area contributed by atoms with Gasteiger partial charge in [-0.3, -0.25) is 0 Å². The molecule has 0 aliphatic carbocycles. The number of furan rings is 1. The van der Waals surface area contributed by atoms with Gasteiger partial charge in [0, 0.05) is 33.0 Å². The average Bonchev–Trinajstić information content (AvgIpc) is 3.68. The molecule has 0 N–H and O–H groups in total. The van der Waals surface area contributed by atoms with Crippen LogP contribution in [0.1, 0.15) is 0 Å². The van der Waals surface area contributed by atoms with Crippen molar-refractivity contribution in [1.82, 2.24) is 15.0 Å². The maximum absolute atomic E-state index is 6.36. The van der Waals surface area contributed by atoms with Crippen LogP contribution in [0.25, 0.3) is 111 Å². The van der Waals surface area contributed by atoms with E-state index in [-0.39, 0.29) is 0 Å². The Morgan fingerprint density at radius 3 is 1.12 bits per heavy atom. The molecule has 0 bridgehead atoms. The van der Waals surface area contributed by atoms with Gasteiger partial charge in [-0.1, -0.05) is 194 Å². The highest BCUT2D eigenvalue weighted by molar-refractivity contribution is 6.09. The number of benzene rings is 9. The standard InChI is InChI=1S/C53H33N3O/c1-3-14-42-34(10-1)12-7-17-44(42)36-22-28-39(29-23-36)51-54-52(40-30-24-37(25-31-40)45-18-8-13-35-11-2-4-15-43(35)45)56-53(55-51)41-32-26-38(27-33-41)46-19-9-20-48-47-16-5-6-21-49(47)57-50(46)48/h1-33H. The Labute approximate surface area is 329 Å². The summed E-state index contributed by atoms with van der Waals surface area (Å²) < 4.78 is 6.36. The fourth-order valence-corrected chi connectivity index (χ4v) is 8.09. The molecule has 0 atom stereocenters. The molecule has 266 valence electrons. The van der Waals surface area contributed by atoms with Crippen molar-refractivity contribution in [3.05, 3.63) is 200 Å². The van der Waals surface area contributed by atoms with E-state index in [9.17, 15) is 0 Å². The third-order valence-corrected chi connectivity index (χ3v) is 11.0. The van der Waals surface area contributed by atoms with Crippen molar-refractivity contribution < 1.29 is 4.42 Å².